The molecule has 1 aliphatic heterocycles. The van der Waals surface area contributed by atoms with Gasteiger partial charge in [-0.1, -0.05) is 75.3 Å². The van der Waals surface area contributed by atoms with Gasteiger partial charge in [0.15, 0.2) is 0 Å². The van der Waals surface area contributed by atoms with Crippen LogP contribution in [0.3, 0.4) is 0 Å². The van der Waals surface area contributed by atoms with Crippen LogP contribution in [0.4, 0.5) is 0 Å². The summed E-state index contributed by atoms with van der Waals surface area (Å²) in [5.74, 6) is 2.67. The number of thioether (sulfide) groups is 1. The number of rotatable bonds is 6. The van der Waals surface area contributed by atoms with Crippen molar-refractivity contribution in [1.82, 2.24) is 5.01 Å². The Morgan fingerprint density at radius 1 is 1.13 bits per heavy atom. The maximum Gasteiger partial charge on any atom is 0.103 e. The van der Waals surface area contributed by atoms with E-state index in [2.05, 4.69) is 61.2 Å². The largest absolute Gasteiger partial charge is 0.291 e. The molecule has 3 aliphatic carbocycles. The number of hydrazone groups is 1. The Hall–Kier alpha value is -1.48. The molecular weight excluding hydrogens is 384 g/mol. The number of nitrogens with zero attached hydrogens (tertiary/aromatic N) is 2. The zero-order chi connectivity index (χ0) is 20.9. The second kappa shape index (κ2) is 10.2. The molecule has 3 heteroatoms. The molecule has 0 radical (unpaired) electrons. The molecule has 0 aromatic carbocycles. The van der Waals surface area contributed by atoms with Crippen molar-refractivity contribution in [3.8, 4) is 0 Å². The molecule has 0 bridgehead atoms. The van der Waals surface area contributed by atoms with Gasteiger partial charge in [-0.25, -0.2) is 0 Å². The highest BCUT2D eigenvalue weighted by atomic mass is 32.2. The van der Waals surface area contributed by atoms with Crippen molar-refractivity contribution in [2.45, 2.75) is 64.3 Å². The van der Waals surface area contributed by atoms with Gasteiger partial charge in [-0.3, -0.25) is 5.01 Å². The molecule has 0 saturated heterocycles. The normalized spacial score (nSPS) is 33.9. The Morgan fingerprint density at radius 2 is 1.93 bits per heavy atom. The highest BCUT2D eigenvalue weighted by Gasteiger charge is 2.43. The third-order valence-corrected chi connectivity index (χ3v) is 8.35. The fraction of sp³-hybridized carbons (Fsp3) is 0.593. The zero-order valence-electron chi connectivity index (χ0n) is 18.8. The topological polar surface area (TPSA) is 15.6 Å². The van der Waals surface area contributed by atoms with Crippen LogP contribution in [0.25, 0.3) is 0 Å². The first-order chi connectivity index (χ1) is 14.7. The standard InChI is InChI=1S/C27H38N2S/c1-4-20-11-13-22(14-12-20)19-29-26(24-17-15-21(5-2)16-18-24)25(27(28-29)30-3)23-9-7-6-8-10-23/h5,7,9-10,15-17,20,22,24-26H,2,4,6,8,11-14,18-19H2,1,3H3. The molecule has 2 nitrogen and oxygen atoms in total. The van der Waals surface area contributed by atoms with E-state index in [1.165, 1.54) is 61.1 Å². The quantitative estimate of drug-likeness (QED) is 0.452. The van der Waals surface area contributed by atoms with E-state index >= 15 is 0 Å². The van der Waals surface area contributed by atoms with Crippen molar-refractivity contribution in [2.24, 2.45) is 28.8 Å². The van der Waals surface area contributed by atoms with Crippen LogP contribution in [0.15, 0.2) is 65.4 Å². The molecule has 4 rings (SSSR count). The van der Waals surface area contributed by atoms with E-state index in [0.717, 1.165) is 24.8 Å². The van der Waals surface area contributed by atoms with Crippen LogP contribution < -0.4 is 0 Å². The van der Waals surface area contributed by atoms with Gasteiger partial charge < -0.3 is 0 Å². The summed E-state index contributed by atoms with van der Waals surface area (Å²) in [5.41, 5.74) is 2.75. The van der Waals surface area contributed by atoms with Gasteiger partial charge in [-0.15, -0.1) is 11.8 Å². The molecule has 0 N–H and O–H groups in total. The minimum Gasteiger partial charge on any atom is -0.291 e. The van der Waals surface area contributed by atoms with Crippen LogP contribution in [0, 0.1) is 23.7 Å². The lowest BCUT2D eigenvalue weighted by molar-refractivity contribution is 0.122. The van der Waals surface area contributed by atoms with Crippen molar-refractivity contribution in [3.63, 3.8) is 0 Å². The highest BCUT2D eigenvalue weighted by Crippen LogP contribution is 2.42. The molecule has 4 aliphatic rings. The van der Waals surface area contributed by atoms with Crippen molar-refractivity contribution >= 4 is 16.8 Å². The Balaban J connectivity index is 1.57. The van der Waals surface area contributed by atoms with Gasteiger partial charge in [0.2, 0.25) is 0 Å². The third-order valence-electron chi connectivity index (χ3n) is 7.60. The summed E-state index contributed by atoms with van der Waals surface area (Å²) in [6, 6.07) is 0.434. The first kappa shape index (κ1) is 21.7. The van der Waals surface area contributed by atoms with E-state index in [0.29, 0.717) is 17.9 Å². The minimum atomic E-state index is 0.414. The average Bonchev–Trinajstić information content (AvgIpc) is 3.18. The molecule has 3 atom stereocenters. The summed E-state index contributed by atoms with van der Waals surface area (Å²) < 4.78 is 0. The predicted molar refractivity (Wildman–Crippen MR) is 133 cm³/mol. The molecule has 0 aromatic rings. The van der Waals surface area contributed by atoms with Gasteiger partial charge in [0.1, 0.15) is 5.04 Å². The molecule has 162 valence electrons. The lowest BCUT2D eigenvalue weighted by atomic mass is 9.78. The maximum absolute atomic E-state index is 5.26. The van der Waals surface area contributed by atoms with Gasteiger partial charge in [0.25, 0.3) is 0 Å². The summed E-state index contributed by atoms with van der Waals surface area (Å²) in [6.45, 7) is 7.43. The Kier molecular flexibility index (Phi) is 7.41. The van der Waals surface area contributed by atoms with Crippen LogP contribution in [0.5, 0.6) is 0 Å². The van der Waals surface area contributed by atoms with Crippen molar-refractivity contribution in [1.29, 1.82) is 0 Å². The van der Waals surface area contributed by atoms with Crippen LogP contribution >= 0.6 is 11.8 Å². The minimum absolute atomic E-state index is 0.414. The van der Waals surface area contributed by atoms with Gasteiger partial charge in [-0.05, 0) is 61.3 Å². The fourth-order valence-electron chi connectivity index (χ4n) is 5.72. The van der Waals surface area contributed by atoms with E-state index in [4.69, 9.17) is 5.10 Å². The number of hydrogen-bond donors (Lipinski definition) is 0. The van der Waals surface area contributed by atoms with E-state index < -0.39 is 0 Å². The summed E-state index contributed by atoms with van der Waals surface area (Å²) in [7, 11) is 0. The van der Waals surface area contributed by atoms with Crippen molar-refractivity contribution in [2.75, 3.05) is 12.8 Å². The molecule has 30 heavy (non-hydrogen) atoms. The third kappa shape index (κ3) is 4.72. The Bertz CT molecular complexity index is 764. The van der Waals surface area contributed by atoms with E-state index in [-0.39, 0.29) is 0 Å². The Labute approximate surface area is 188 Å². The van der Waals surface area contributed by atoms with Gasteiger partial charge in [-0.2, -0.15) is 5.10 Å². The molecule has 1 fully saturated rings. The van der Waals surface area contributed by atoms with Crippen LogP contribution in [0.1, 0.15) is 58.3 Å². The molecule has 1 saturated carbocycles. The van der Waals surface area contributed by atoms with Crippen LogP contribution in [-0.4, -0.2) is 28.9 Å². The first-order valence-electron chi connectivity index (χ1n) is 12.0. The first-order valence-corrected chi connectivity index (χ1v) is 13.2. The number of allylic oxidation sites excluding steroid dienone is 7. The SMILES string of the molecule is C=CC1=CCC(C2C(C3=CCCC=C3)C(SC)=NN2CC2CCC(CC)CC2)C=C1. The predicted octanol–water partition coefficient (Wildman–Crippen LogP) is 7.14. The summed E-state index contributed by atoms with van der Waals surface area (Å²) in [5, 5.41) is 9.08. The molecule has 0 aromatic heterocycles. The van der Waals surface area contributed by atoms with E-state index in [9.17, 15) is 0 Å². The summed E-state index contributed by atoms with van der Waals surface area (Å²) in [6.07, 6.45) is 28.8. The molecule has 0 spiro atoms. The summed E-state index contributed by atoms with van der Waals surface area (Å²) in [4.78, 5) is 0. The second-order valence-corrected chi connectivity index (χ2v) is 10.2. The molecule has 1 heterocycles. The van der Waals surface area contributed by atoms with Crippen molar-refractivity contribution in [3.05, 3.63) is 60.3 Å². The lowest BCUT2D eigenvalue weighted by Gasteiger charge is -2.38. The zero-order valence-corrected chi connectivity index (χ0v) is 19.6. The molecule has 0 amide bonds. The van der Waals surface area contributed by atoms with E-state index in [1.54, 1.807) is 0 Å². The van der Waals surface area contributed by atoms with Gasteiger partial charge in [0, 0.05) is 12.5 Å². The second-order valence-electron chi connectivity index (χ2n) is 9.38. The maximum atomic E-state index is 5.26. The van der Waals surface area contributed by atoms with Crippen LogP contribution in [-0.2, 0) is 0 Å². The average molecular weight is 423 g/mol. The van der Waals surface area contributed by atoms with Gasteiger partial charge >= 0.3 is 0 Å². The smallest absolute Gasteiger partial charge is 0.103 e. The lowest BCUT2D eigenvalue weighted by Crippen LogP contribution is -2.42. The van der Waals surface area contributed by atoms with E-state index in [1.807, 2.05) is 17.8 Å². The van der Waals surface area contributed by atoms with Crippen LogP contribution in [0.2, 0.25) is 0 Å². The Morgan fingerprint density at radius 3 is 2.53 bits per heavy atom. The fourth-order valence-corrected chi connectivity index (χ4v) is 6.44. The monoisotopic (exact) mass is 422 g/mol. The molecule has 3 unspecified atom stereocenters. The van der Waals surface area contributed by atoms with Gasteiger partial charge in [0.05, 0.1) is 12.0 Å². The highest BCUT2D eigenvalue weighted by molar-refractivity contribution is 8.13. The van der Waals surface area contributed by atoms with Crippen molar-refractivity contribution < 1.29 is 0 Å². The molecular formula is C27H38N2S. The number of hydrogen-bond acceptors (Lipinski definition) is 3. The summed E-state index contributed by atoms with van der Waals surface area (Å²) >= 11 is 1.85.